The van der Waals surface area contributed by atoms with E-state index in [0.29, 0.717) is 50.7 Å². The van der Waals surface area contributed by atoms with E-state index in [9.17, 15) is 12.8 Å². The number of hydrogen-bond donors (Lipinski definition) is 2. The van der Waals surface area contributed by atoms with Crippen LogP contribution in [0.2, 0.25) is 0 Å². The highest BCUT2D eigenvalue weighted by atomic mass is 32.2. The van der Waals surface area contributed by atoms with Crippen LogP contribution < -0.4 is 10.6 Å². The molecule has 0 unspecified atom stereocenters. The zero-order chi connectivity index (χ0) is 19.2. The molecule has 1 fully saturated rings. The molecule has 0 radical (unpaired) electrons. The van der Waals surface area contributed by atoms with E-state index >= 15 is 0 Å². The quantitative estimate of drug-likeness (QED) is 0.576. The molecule has 0 amide bonds. The molecule has 1 aliphatic heterocycles. The van der Waals surface area contributed by atoms with Crippen molar-refractivity contribution in [3.63, 3.8) is 0 Å². The van der Waals surface area contributed by atoms with Gasteiger partial charge in [0.1, 0.15) is 5.82 Å². The van der Waals surface area contributed by atoms with Crippen molar-refractivity contribution in [1.82, 2.24) is 10.6 Å². The summed E-state index contributed by atoms with van der Waals surface area (Å²) < 4.78 is 42.5. The minimum absolute atomic E-state index is 0.239. The molecule has 1 aromatic rings. The fourth-order valence-electron chi connectivity index (χ4n) is 2.98. The highest BCUT2D eigenvalue weighted by Gasteiger charge is 2.42. The zero-order valence-corrected chi connectivity index (χ0v) is 16.5. The molecule has 2 rings (SSSR count). The Labute approximate surface area is 155 Å². The van der Waals surface area contributed by atoms with Crippen molar-refractivity contribution in [3.8, 4) is 0 Å². The van der Waals surface area contributed by atoms with E-state index in [1.165, 1.54) is 12.3 Å². The smallest absolute Gasteiger partial charge is 0.191 e. The lowest BCUT2D eigenvalue weighted by molar-refractivity contribution is 0.0756. The van der Waals surface area contributed by atoms with E-state index in [-0.39, 0.29) is 12.4 Å². The summed E-state index contributed by atoms with van der Waals surface area (Å²) in [7, 11) is -3.24. The summed E-state index contributed by atoms with van der Waals surface area (Å²) in [5, 5.41) is 6.29. The Morgan fingerprint density at radius 1 is 1.31 bits per heavy atom. The molecular formula is C18H28FN3O3S. The molecule has 0 atom stereocenters. The van der Waals surface area contributed by atoms with Gasteiger partial charge in [0.25, 0.3) is 0 Å². The molecule has 6 nitrogen and oxygen atoms in total. The monoisotopic (exact) mass is 385 g/mol. The van der Waals surface area contributed by atoms with Crippen LogP contribution in [0.3, 0.4) is 0 Å². The van der Waals surface area contributed by atoms with Gasteiger partial charge in [-0.25, -0.2) is 17.8 Å². The highest BCUT2D eigenvalue weighted by Crippen LogP contribution is 2.28. The minimum atomic E-state index is -3.24. The van der Waals surface area contributed by atoms with Crippen molar-refractivity contribution in [1.29, 1.82) is 0 Å². The van der Waals surface area contributed by atoms with Gasteiger partial charge in [0, 0.05) is 32.6 Å². The number of aliphatic imine (C=N–C) groups is 1. The minimum Gasteiger partial charge on any atom is -0.381 e. The van der Waals surface area contributed by atoms with Crippen LogP contribution >= 0.6 is 0 Å². The van der Waals surface area contributed by atoms with Crippen LogP contribution in [-0.2, 0) is 21.1 Å². The molecular weight excluding hydrogens is 357 g/mol. The Hall–Kier alpha value is -1.67. The SMILES string of the molecule is CCNC(=NCc1ccc(F)c(C)c1)NCC1(S(C)(=O)=O)CCOCC1. The van der Waals surface area contributed by atoms with Gasteiger partial charge in [-0.2, -0.15) is 0 Å². The Kier molecular flexibility index (Phi) is 7.00. The number of ether oxygens (including phenoxy) is 1. The van der Waals surface area contributed by atoms with Gasteiger partial charge in [-0.05, 0) is 43.9 Å². The van der Waals surface area contributed by atoms with Gasteiger partial charge in [-0.15, -0.1) is 0 Å². The summed E-state index contributed by atoms with van der Waals surface area (Å²) in [5.41, 5.74) is 1.47. The lowest BCUT2D eigenvalue weighted by Crippen LogP contribution is -2.53. The van der Waals surface area contributed by atoms with Gasteiger partial charge >= 0.3 is 0 Å². The summed E-state index contributed by atoms with van der Waals surface area (Å²) in [5.74, 6) is 0.307. The fourth-order valence-corrected chi connectivity index (χ4v) is 4.23. The van der Waals surface area contributed by atoms with E-state index in [0.717, 1.165) is 5.56 Å². The van der Waals surface area contributed by atoms with E-state index in [1.807, 2.05) is 6.92 Å². The molecule has 0 aromatic heterocycles. The molecule has 8 heteroatoms. The van der Waals surface area contributed by atoms with Crippen molar-refractivity contribution in [3.05, 3.63) is 35.1 Å². The number of aryl methyl sites for hydroxylation is 1. The van der Waals surface area contributed by atoms with E-state index in [2.05, 4.69) is 15.6 Å². The number of nitrogens with zero attached hydrogens (tertiary/aromatic N) is 1. The van der Waals surface area contributed by atoms with Crippen molar-refractivity contribution in [2.45, 2.75) is 38.0 Å². The first-order valence-corrected chi connectivity index (χ1v) is 10.7. The largest absolute Gasteiger partial charge is 0.381 e. The van der Waals surface area contributed by atoms with Crippen LogP contribution in [-0.4, -0.2) is 51.7 Å². The molecule has 1 saturated heterocycles. The number of sulfone groups is 1. The third-order valence-electron chi connectivity index (χ3n) is 4.75. The number of guanidine groups is 1. The molecule has 1 aliphatic rings. The molecule has 0 aliphatic carbocycles. The summed E-state index contributed by atoms with van der Waals surface area (Å²) in [6.45, 7) is 5.86. The average molecular weight is 386 g/mol. The maximum absolute atomic E-state index is 13.4. The molecule has 0 bridgehead atoms. The van der Waals surface area contributed by atoms with Crippen molar-refractivity contribution in [2.75, 3.05) is 32.6 Å². The molecule has 0 spiro atoms. The highest BCUT2D eigenvalue weighted by molar-refractivity contribution is 7.92. The number of rotatable bonds is 6. The molecule has 1 aromatic carbocycles. The van der Waals surface area contributed by atoms with Crippen LogP contribution in [0.5, 0.6) is 0 Å². The lowest BCUT2D eigenvalue weighted by atomic mass is 9.99. The summed E-state index contributed by atoms with van der Waals surface area (Å²) in [6.07, 6.45) is 2.22. The van der Waals surface area contributed by atoms with Gasteiger partial charge in [0.2, 0.25) is 0 Å². The second-order valence-electron chi connectivity index (χ2n) is 6.70. The second kappa shape index (κ2) is 8.81. The Morgan fingerprint density at radius 2 is 2.00 bits per heavy atom. The van der Waals surface area contributed by atoms with Crippen LogP contribution in [0.1, 0.15) is 30.9 Å². The van der Waals surface area contributed by atoms with E-state index in [1.54, 1.807) is 19.1 Å². The van der Waals surface area contributed by atoms with Crippen LogP contribution in [0.15, 0.2) is 23.2 Å². The predicted octanol–water partition coefficient (Wildman–Crippen LogP) is 1.78. The van der Waals surface area contributed by atoms with Crippen LogP contribution in [0.4, 0.5) is 4.39 Å². The second-order valence-corrected chi connectivity index (χ2v) is 9.11. The summed E-state index contributed by atoms with van der Waals surface area (Å²) >= 11 is 0. The first kappa shape index (κ1) is 20.6. The number of benzene rings is 1. The lowest BCUT2D eigenvalue weighted by Gasteiger charge is -2.35. The molecule has 146 valence electrons. The van der Waals surface area contributed by atoms with Gasteiger partial charge in [0.05, 0.1) is 11.3 Å². The average Bonchev–Trinajstić information content (AvgIpc) is 2.60. The maximum Gasteiger partial charge on any atom is 0.191 e. The van der Waals surface area contributed by atoms with Gasteiger partial charge in [-0.3, -0.25) is 0 Å². The van der Waals surface area contributed by atoms with Gasteiger partial charge in [-0.1, -0.05) is 12.1 Å². The Balaban J connectivity index is 2.09. The normalized spacial score (nSPS) is 17.8. The van der Waals surface area contributed by atoms with E-state index in [4.69, 9.17) is 4.74 Å². The van der Waals surface area contributed by atoms with Crippen LogP contribution in [0, 0.1) is 12.7 Å². The third kappa shape index (κ3) is 5.17. The summed E-state index contributed by atoms with van der Waals surface area (Å²) in [4.78, 5) is 4.50. The first-order chi connectivity index (χ1) is 12.3. The Bertz CT molecular complexity index is 744. The number of nitrogens with one attached hydrogen (secondary N) is 2. The number of halogens is 1. The zero-order valence-electron chi connectivity index (χ0n) is 15.6. The molecule has 1 heterocycles. The first-order valence-electron chi connectivity index (χ1n) is 8.82. The Morgan fingerprint density at radius 3 is 2.58 bits per heavy atom. The topological polar surface area (TPSA) is 79.8 Å². The standard InChI is InChI=1S/C18H28FN3O3S/c1-4-20-17(21-12-15-5-6-16(19)14(2)11-15)22-13-18(26(3,23)24)7-9-25-10-8-18/h5-6,11H,4,7-10,12-13H2,1-3H3,(H2,20,21,22). The predicted molar refractivity (Wildman–Crippen MR) is 102 cm³/mol. The third-order valence-corrected chi connectivity index (χ3v) is 6.88. The van der Waals surface area contributed by atoms with Crippen molar-refractivity contribution in [2.24, 2.45) is 4.99 Å². The van der Waals surface area contributed by atoms with Gasteiger partial charge < -0.3 is 15.4 Å². The summed E-state index contributed by atoms with van der Waals surface area (Å²) in [6, 6.07) is 4.89. The molecule has 26 heavy (non-hydrogen) atoms. The van der Waals surface area contributed by atoms with Crippen molar-refractivity contribution >= 4 is 15.8 Å². The molecule has 2 N–H and O–H groups in total. The maximum atomic E-state index is 13.4. The van der Waals surface area contributed by atoms with E-state index < -0.39 is 14.6 Å². The number of hydrogen-bond acceptors (Lipinski definition) is 4. The van der Waals surface area contributed by atoms with Crippen molar-refractivity contribution < 1.29 is 17.5 Å². The fraction of sp³-hybridized carbons (Fsp3) is 0.611. The molecule has 0 saturated carbocycles. The van der Waals surface area contributed by atoms with Crippen LogP contribution in [0.25, 0.3) is 0 Å². The van der Waals surface area contributed by atoms with Gasteiger partial charge in [0.15, 0.2) is 15.8 Å².